The van der Waals surface area contributed by atoms with Crippen molar-refractivity contribution in [2.75, 3.05) is 6.61 Å². The first-order valence-corrected chi connectivity index (χ1v) is 7.12. The fraction of sp³-hybridized carbons (Fsp3) is 0.438. The fourth-order valence-corrected chi connectivity index (χ4v) is 1.99. The van der Waals surface area contributed by atoms with Gasteiger partial charge in [0.1, 0.15) is 5.75 Å². The lowest BCUT2D eigenvalue weighted by molar-refractivity contribution is 0.296. The third-order valence-corrected chi connectivity index (χ3v) is 3.16. The van der Waals surface area contributed by atoms with Crippen LogP contribution in [-0.2, 0) is 6.42 Å². The molecule has 1 unspecified atom stereocenters. The molecule has 0 aliphatic carbocycles. The number of aromatic nitrogens is 2. The molecule has 0 amide bonds. The van der Waals surface area contributed by atoms with Crippen LogP contribution >= 0.6 is 0 Å². The van der Waals surface area contributed by atoms with E-state index in [0.29, 0.717) is 12.6 Å². The highest BCUT2D eigenvalue weighted by Crippen LogP contribution is 2.10. The smallest absolute Gasteiger partial charge is 0.119 e. The SMILES string of the molecule is CC(C)n1ccc(CC(N)CCOc2ccccc2)n1. The molecular weight excluding hydrogens is 250 g/mol. The molecule has 0 radical (unpaired) electrons. The normalized spacial score (nSPS) is 12.6. The first-order valence-electron chi connectivity index (χ1n) is 7.12. The van der Waals surface area contributed by atoms with Gasteiger partial charge in [-0.15, -0.1) is 0 Å². The van der Waals surface area contributed by atoms with E-state index >= 15 is 0 Å². The van der Waals surface area contributed by atoms with E-state index in [1.165, 1.54) is 0 Å². The Balaban J connectivity index is 1.73. The molecule has 2 rings (SSSR count). The van der Waals surface area contributed by atoms with E-state index in [0.717, 1.165) is 24.3 Å². The standard InChI is InChI=1S/C16H23N3O/c1-13(2)19-10-8-15(18-19)12-14(17)9-11-20-16-6-4-3-5-7-16/h3-8,10,13-14H,9,11-12,17H2,1-2H3. The van der Waals surface area contributed by atoms with Crippen LogP contribution in [0.15, 0.2) is 42.6 Å². The third kappa shape index (κ3) is 4.38. The van der Waals surface area contributed by atoms with Gasteiger partial charge < -0.3 is 10.5 Å². The van der Waals surface area contributed by atoms with Crippen molar-refractivity contribution in [1.29, 1.82) is 0 Å². The Hall–Kier alpha value is -1.81. The van der Waals surface area contributed by atoms with Crippen molar-refractivity contribution in [1.82, 2.24) is 9.78 Å². The van der Waals surface area contributed by atoms with Gasteiger partial charge in [0.05, 0.1) is 12.3 Å². The molecule has 0 aliphatic rings. The largest absolute Gasteiger partial charge is 0.494 e. The molecule has 2 N–H and O–H groups in total. The van der Waals surface area contributed by atoms with Gasteiger partial charge in [0.15, 0.2) is 0 Å². The first-order chi connectivity index (χ1) is 9.65. The van der Waals surface area contributed by atoms with Crippen molar-refractivity contribution < 1.29 is 4.74 Å². The molecule has 2 aromatic rings. The van der Waals surface area contributed by atoms with Crippen LogP contribution in [-0.4, -0.2) is 22.4 Å². The van der Waals surface area contributed by atoms with Crippen molar-refractivity contribution in [3.8, 4) is 5.75 Å². The van der Waals surface area contributed by atoms with Gasteiger partial charge in [0.2, 0.25) is 0 Å². The van der Waals surface area contributed by atoms with Gasteiger partial charge in [0.25, 0.3) is 0 Å². The summed E-state index contributed by atoms with van der Waals surface area (Å²) in [5.74, 6) is 0.892. The minimum atomic E-state index is 0.0780. The Morgan fingerprint density at radius 3 is 2.60 bits per heavy atom. The zero-order chi connectivity index (χ0) is 14.4. The zero-order valence-electron chi connectivity index (χ0n) is 12.2. The van der Waals surface area contributed by atoms with Gasteiger partial charge in [-0.2, -0.15) is 5.10 Å². The van der Waals surface area contributed by atoms with E-state index in [1.54, 1.807) is 0 Å². The molecule has 0 spiro atoms. The van der Waals surface area contributed by atoms with E-state index in [2.05, 4.69) is 18.9 Å². The van der Waals surface area contributed by atoms with Crippen LogP contribution in [0.3, 0.4) is 0 Å². The molecular formula is C16H23N3O. The first kappa shape index (κ1) is 14.6. The molecule has 4 nitrogen and oxygen atoms in total. The molecule has 1 aromatic heterocycles. The molecule has 108 valence electrons. The van der Waals surface area contributed by atoms with Gasteiger partial charge in [-0.05, 0) is 38.5 Å². The van der Waals surface area contributed by atoms with Crippen molar-refractivity contribution in [3.05, 3.63) is 48.3 Å². The van der Waals surface area contributed by atoms with Crippen LogP contribution in [0.4, 0.5) is 0 Å². The highest BCUT2D eigenvalue weighted by Gasteiger charge is 2.08. The third-order valence-electron chi connectivity index (χ3n) is 3.16. The summed E-state index contributed by atoms with van der Waals surface area (Å²) in [6.07, 6.45) is 3.62. The van der Waals surface area contributed by atoms with Gasteiger partial charge in [-0.25, -0.2) is 0 Å². The Morgan fingerprint density at radius 1 is 1.20 bits per heavy atom. The number of benzene rings is 1. The number of rotatable bonds is 7. The van der Waals surface area contributed by atoms with Gasteiger partial charge in [0, 0.05) is 24.7 Å². The molecule has 0 aliphatic heterocycles. The van der Waals surface area contributed by atoms with Gasteiger partial charge in [-0.3, -0.25) is 4.68 Å². The Bertz CT molecular complexity index is 507. The second kappa shape index (κ2) is 7.10. The summed E-state index contributed by atoms with van der Waals surface area (Å²) in [4.78, 5) is 0. The zero-order valence-corrected chi connectivity index (χ0v) is 12.2. The predicted molar refractivity (Wildman–Crippen MR) is 80.8 cm³/mol. The lowest BCUT2D eigenvalue weighted by Gasteiger charge is -2.11. The summed E-state index contributed by atoms with van der Waals surface area (Å²) in [5, 5.41) is 4.51. The van der Waals surface area contributed by atoms with Crippen molar-refractivity contribution >= 4 is 0 Å². The fourth-order valence-electron chi connectivity index (χ4n) is 1.99. The maximum absolute atomic E-state index is 6.13. The van der Waals surface area contributed by atoms with E-state index in [1.807, 2.05) is 47.3 Å². The van der Waals surface area contributed by atoms with Crippen LogP contribution in [0, 0.1) is 0 Å². The molecule has 0 saturated carbocycles. The molecule has 0 bridgehead atoms. The maximum Gasteiger partial charge on any atom is 0.119 e. The quantitative estimate of drug-likeness (QED) is 0.844. The number of ether oxygens (including phenoxy) is 1. The summed E-state index contributed by atoms with van der Waals surface area (Å²) >= 11 is 0. The number of nitrogens with zero attached hydrogens (tertiary/aromatic N) is 2. The van der Waals surface area contributed by atoms with Crippen LogP contribution in [0.5, 0.6) is 5.75 Å². The average Bonchev–Trinajstić information content (AvgIpc) is 2.88. The van der Waals surface area contributed by atoms with Crippen LogP contribution in [0.2, 0.25) is 0 Å². The summed E-state index contributed by atoms with van der Waals surface area (Å²) in [6, 6.07) is 12.3. The van der Waals surface area contributed by atoms with E-state index in [4.69, 9.17) is 10.5 Å². The monoisotopic (exact) mass is 273 g/mol. The average molecular weight is 273 g/mol. The molecule has 1 atom stereocenters. The second-order valence-electron chi connectivity index (χ2n) is 5.30. The highest BCUT2D eigenvalue weighted by atomic mass is 16.5. The molecule has 0 saturated heterocycles. The second-order valence-corrected chi connectivity index (χ2v) is 5.30. The summed E-state index contributed by atoms with van der Waals surface area (Å²) in [6.45, 7) is 4.87. The molecule has 1 heterocycles. The van der Waals surface area contributed by atoms with Crippen LogP contribution in [0.25, 0.3) is 0 Å². The summed E-state index contributed by atoms with van der Waals surface area (Å²) < 4.78 is 7.61. The topological polar surface area (TPSA) is 53.1 Å². The van der Waals surface area contributed by atoms with Gasteiger partial charge >= 0.3 is 0 Å². The Labute approximate surface area is 120 Å². The van der Waals surface area contributed by atoms with Crippen molar-refractivity contribution in [2.24, 2.45) is 5.73 Å². The lowest BCUT2D eigenvalue weighted by atomic mass is 10.1. The minimum absolute atomic E-state index is 0.0780. The van der Waals surface area contributed by atoms with Crippen LogP contribution in [0.1, 0.15) is 32.0 Å². The molecule has 4 heteroatoms. The Morgan fingerprint density at radius 2 is 1.95 bits per heavy atom. The number of hydrogen-bond acceptors (Lipinski definition) is 3. The maximum atomic E-state index is 6.13. The Kier molecular flexibility index (Phi) is 5.18. The summed E-state index contributed by atoms with van der Waals surface area (Å²) in [7, 11) is 0. The van der Waals surface area contributed by atoms with E-state index in [-0.39, 0.29) is 6.04 Å². The van der Waals surface area contributed by atoms with Gasteiger partial charge in [-0.1, -0.05) is 18.2 Å². The van der Waals surface area contributed by atoms with Crippen molar-refractivity contribution in [2.45, 2.75) is 38.8 Å². The minimum Gasteiger partial charge on any atom is -0.494 e. The number of hydrogen-bond donors (Lipinski definition) is 1. The predicted octanol–water partition coefficient (Wildman–Crippen LogP) is 2.80. The molecule has 1 aromatic carbocycles. The van der Waals surface area contributed by atoms with Crippen LogP contribution < -0.4 is 10.5 Å². The van der Waals surface area contributed by atoms with E-state index < -0.39 is 0 Å². The lowest BCUT2D eigenvalue weighted by Crippen LogP contribution is -2.25. The number of nitrogens with two attached hydrogens (primary N) is 1. The van der Waals surface area contributed by atoms with Crippen molar-refractivity contribution in [3.63, 3.8) is 0 Å². The molecule has 20 heavy (non-hydrogen) atoms. The van der Waals surface area contributed by atoms with E-state index in [9.17, 15) is 0 Å². The molecule has 0 fully saturated rings. The summed E-state index contributed by atoms with van der Waals surface area (Å²) in [5.41, 5.74) is 7.17. The highest BCUT2D eigenvalue weighted by molar-refractivity contribution is 5.20. The number of para-hydroxylation sites is 1.